The number of nitrogens with zero attached hydrogens (tertiary/aromatic N) is 3. The average Bonchev–Trinajstić information content (AvgIpc) is 3.60. The Bertz CT molecular complexity index is 936. The number of carbonyl (C=O) groups is 2. The first-order valence-corrected chi connectivity index (χ1v) is 12.4. The fourth-order valence-electron chi connectivity index (χ4n) is 5.34. The van der Waals surface area contributed by atoms with E-state index < -0.39 is 5.54 Å². The van der Waals surface area contributed by atoms with Crippen LogP contribution in [0.15, 0.2) is 18.2 Å². The van der Waals surface area contributed by atoms with Gasteiger partial charge in [0.15, 0.2) is 0 Å². The summed E-state index contributed by atoms with van der Waals surface area (Å²) in [6.45, 7) is 8.97. The average molecular weight is 453 g/mol. The number of benzene rings is 1. The molecule has 0 bridgehead atoms. The molecule has 3 aliphatic rings. The maximum Gasteiger partial charge on any atom is 0.226 e. The van der Waals surface area contributed by atoms with Crippen LogP contribution in [-0.4, -0.2) is 54.5 Å². The third-order valence-electron chi connectivity index (χ3n) is 7.48. The predicted octanol–water partition coefficient (Wildman–Crippen LogP) is 3.41. The van der Waals surface area contributed by atoms with Gasteiger partial charge in [0.2, 0.25) is 11.8 Å². The predicted molar refractivity (Wildman–Crippen MR) is 127 cm³/mol. The molecule has 0 unspecified atom stereocenters. The molecule has 0 radical (unpaired) electrons. The second kappa shape index (κ2) is 9.62. The van der Waals surface area contributed by atoms with E-state index in [1.807, 2.05) is 17.9 Å². The topological polar surface area (TPSA) is 85.7 Å². The zero-order chi connectivity index (χ0) is 23.6. The van der Waals surface area contributed by atoms with Crippen LogP contribution < -0.4 is 15.0 Å². The Morgan fingerprint density at radius 1 is 1.21 bits per heavy atom. The highest BCUT2D eigenvalue weighted by Gasteiger charge is 2.48. The van der Waals surface area contributed by atoms with Gasteiger partial charge in [-0.25, -0.2) is 0 Å². The molecule has 1 heterocycles. The summed E-state index contributed by atoms with van der Waals surface area (Å²) in [5, 5.41) is 12.3. The van der Waals surface area contributed by atoms with Crippen LogP contribution in [0.2, 0.25) is 0 Å². The van der Waals surface area contributed by atoms with E-state index in [1.54, 1.807) is 0 Å². The molecule has 2 aliphatic carbocycles. The van der Waals surface area contributed by atoms with Crippen molar-refractivity contribution >= 4 is 17.5 Å². The van der Waals surface area contributed by atoms with E-state index >= 15 is 0 Å². The van der Waals surface area contributed by atoms with E-state index in [4.69, 9.17) is 4.74 Å². The first kappa shape index (κ1) is 23.4. The maximum atomic E-state index is 13.6. The first-order chi connectivity index (χ1) is 15.9. The zero-order valence-corrected chi connectivity index (χ0v) is 20.1. The molecular weight excluding hydrogens is 416 g/mol. The number of nitriles is 1. The molecule has 33 heavy (non-hydrogen) atoms. The van der Waals surface area contributed by atoms with Crippen molar-refractivity contribution in [2.75, 3.05) is 31.1 Å². The van der Waals surface area contributed by atoms with Gasteiger partial charge in [-0.15, -0.1) is 0 Å². The van der Waals surface area contributed by atoms with E-state index in [1.165, 1.54) is 0 Å². The van der Waals surface area contributed by atoms with Crippen LogP contribution in [0.25, 0.3) is 0 Å². The Morgan fingerprint density at radius 2 is 1.94 bits per heavy atom. The largest absolute Gasteiger partial charge is 0.494 e. The molecule has 1 saturated heterocycles. The highest BCUT2D eigenvalue weighted by molar-refractivity contribution is 5.89. The van der Waals surface area contributed by atoms with Crippen LogP contribution in [0.4, 0.5) is 5.69 Å². The zero-order valence-electron chi connectivity index (χ0n) is 20.1. The number of hydrogen-bond acceptors (Lipinski definition) is 5. The molecule has 7 nitrogen and oxygen atoms in total. The third kappa shape index (κ3) is 4.95. The summed E-state index contributed by atoms with van der Waals surface area (Å²) in [6.07, 6.45) is 4.84. The van der Waals surface area contributed by atoms with Crippen LogP contribution in [0.3, 0.4) is 0 Å². The van der Waals surface area contributed by atoms with Gasteiger partial charge < -0.3 is 19.9 Å². The van der Waals surface area contributed by atoms with Crippen molar-refractivity contribution < 1.29 is 14.3 Å². The van der Waals surface area contributed by atoms with Crippen molar-refractivity contribution in [1.29, 1.82) is 5.26 Å². The molecular formula is C26H36N4O3. The minimum atomic E-state index is -0.684. The monoisotopic (exact) mass is 452 g/mol. The number of ether oxygens (including phenoxy) is 1. The lowest BCUT2D eigenvalue weighted by atomic mass is 9.77. The van der Waals surface area contributed by atoms with Crippen LogP contribution in [0, 0.1) is 30.1 Å². The molecule has 4 rings (SSSR count). The SMILES string of the molecule is CCOc1ccc(N2CCN(C(=O)[C@@H]3CCCC[C@H]3C(=O)NC3(C#N)CC3)[C@H](C)C2)cc1C. The number of amides is 2. The van der Waals surface area contributed by atoms with Gasteiger partial charge >= 0.3 is 0 Å². The van der Waals surface area contributed by atoms with Gasteiger partial charge in [0.05, 0.1) is 12.7 Å². The molecule has 2 saturated carbocycles. The van der Waals surface area contributed by atoms with E-state index in [2.05, 4.69) is 42.3 Å². The van der Waals surface area contributed by atoms with Crippen LogP contribution in [0.5, 0.6) is 5.75 Å². The highest BCUT2D eigenvalue weighted by Crippen LogP contribution is 2.38. The second-order valence-electron chi connectivity index (χ2n) is 9.89. The molecule has 0 aromatic heterocycles. The van der Waals surface area contributed by atoms with Gasteiger partial charge in [-0.2, -0.15) is 5.26 Å². The van der Waals surface area contributed by atoms with Gasteiger partial charge in [0.25, 0.3) is 0 Å². The van der Waals surface area contributed by atoms with Crippen LogP contribution in [-0.2, 0) is 9.59 Å². The summed E-state index contributed by atoms with van der Waals surface area (Å²) in [5.41, 5.74) is 1.58. The van der Waals surface area contributed by atoms with Crippen molar-refractivity contribution in [2.45, 2.75) is 70.9 Å². The second-order valence-corrected chi connectivity index (χ2v) is 9.89. The lowest BCUT2D eigenvalue weighted by Crippen LogP contribution is -2.57. The van der Waals surface area contributed by atoms with Crippen molar-refractivity contribution in [3.05, 3.63) is 23.8 Å². The molecule has 1 aliphatic heterocycles. The van der Waals surface area contributed by atoms with Crippen molar-refractivity contribution in [3.63, 3.8) is 0 Å². The van der Waals surface area contributed by atoms with E-state index in [9.17, 15) is 14.9 Å². The van der Waals surface area contributed by atoms with Gasteiger partial charge in [-0.3, -0.25) is 9.59 Å². The summed E-state index contributed by atoms with van der Waals surface area (Å²) in [4.78, 5) is 30.9. The molecule has 0 spiro atoms. The number of anilines is 1. The lowest BCUT2D eigenvalue weighted by Gasteiger charge is -2.43. The molecule has 3 fully saturated rings. The lowest BCUT2D eigenvalue weighted by molar-refractivity contribution is -0.145. The Hall–Kier alpha value is -2.75. The smallest absolute Gasteiger partial charge is 0.226 e. The summed E-state index contributed by atoms with van der Waals surface area (Å²) in [5.74, 6) is 0.301. The van der Waals surface area contributed by atoms with E-state index in [-0.39, 0.29) is 29.7 Å². The summed E-state index contributed by atoms with van der Waals surface area (Å²) in [7, 11) is 0. The number of piperazine rings is 1. The molecule has 3 atom stereocenters. The van der Waals surface area contributed by atoms with Gasteiger partial charge in [-0.05, 0) is 70.2 Å². The van der Waals surface area contributed by atoms with Gasteiger partial charge in [0.1, 0.15) is 11.3 Å². The number of hydrogen-bond donors (Lipinski definition) is 1. The molecule has 178 valence electrons. The van der Waals surface area contributed by atoms with Gasteiger partial charge in [0, 0.05) is 43.2 Å². The molecule has 1 N–H and O–H groups in total. The standard InChI is InChI=1S/C26H36N4O3/c1-4-33-23-10-9-20(15-18(23)2)29-13-14-30(19(3)16-29)25(32)22-8-6-5-7-21(22)24(31)28-26(17-27)11-12-26/h9-10,15,19,21-22H,4-8,11-14,16H2,1-3H3,(H,28,31)/t19-,21-,22-/m1/s1. The highest BCUT2D eigenvalue weighted by atomic mass is 16.5. The minimum Gasteiger partial charge on any atom is -0.494 e. The fraction of sp³-hybridized carbons (Fsp3) is 0.654. The minimum absolute atomic E-state index is 0.0673. The fourth-order valence-corrected chi connectivity index (χ4v) is 5.34. The van der Waals surface area contributed by atoms with Crippen molar-refractivity contribution in [3.8, 4) is 11.8 Å². The molecule has 1 aromatic carbocycles. The van der Waals surface area contributed by atoms with Crippen molar-refractivity contribution in [2.24, 2.45) is 11.8 Å². The molecule has 2 amide bonds. The molecule has 1 aromatic rings. The number of rotatable bonds is 6. The third-order valence-corrected chi connectivity index (χ3v) is 7.48. The summed E-state index contributed by atoms with van der Waals surface area (Å²) in [6, 6.07) is 8.56. The number of aryl methyl sites for hydroxylation is 1. The Balaban J connectivity index is 1.41. The van der Waals surface area contributed by atoms with E-state index in [0.717, 1.165) is 55.8 Å². The summed E-state index contributed by atoms with van der Waals surface area (Å²) < 4.78 is 5.66. The molecule has 7 heteroatoms. The first-order valence-electron chi connectivity index (χ1n) is 12.4. The number of nitrogens with one attached hydrogen (secondary N) is 1. The Morgan fingerprint density at radius 3 is 2.55 bits per heavy atom. The Labute approximate surface area is 197 Å². The quantitative estimate of drug-likeness (QED) is 0.715. The van der Waals surface area contributed by atoms with Crippen LogP contribution >= 0.6 is 0 Å². The van der Waals surface area contributed by atoms with Crippen LogP contribution in [0.1, 0.15) is 57.9 Å². The maximum absolute atomic E-state index is 13.6. The van der Waals surface area contributed by atoms with Crippen molar-refractivity contribution in [1.82, 2.24) is 10.2 Å². The Kier molecular flexibility index (Phi) is 6.83. The number of carbonyl (C=O) groups excluding carboxylic acids is 2. The van der Waals surface area contributed by atoms with Gasteiger partial charge in [-0.1, -0.05) is 12.8 Å². The van der Waals surface area contributed by atoms with E-state index in [0.29, 0.717) is 26.0 Å². The summed E-state index contributed by atoms with van der Waals surface area (Å²) >= 11 is 0. The normalized spacial score (nSPS) is 26.3.